The molecule has 2 aliphatic rings. The molecule has 1 N–H and O–H groups in total. The zero-order valence-electron chi connectivity index (χ0n) is 11.7. The van der Waals surface area contributed by atoms with Gasteiger partial charge in [0.25, 0.3) is 0 Å². The lowest BCUT2D eigenvalue weighted by Gasteiger charge is -2.44. The van der Waals surface area contributed by atoms with Crippen LogP contribution in [0.4, 0.5) is 0 Å². The van der Waals surface area contributed by atoms with E-state index >= 15 is 0 Å². The molecule has 1 saturated carbocycles. The standard InChI is InChI=1S/C15H28O3/c1-2-9-17-12-14(16)13-6-10-18-15(11-13)7-4-3-5-8-15/h13-14,16H,2-12H2,1H3. The highest BCUT2D eigenvalue weighted by atomic mass is 16.5. The van der Waals surface area contributed by atoms with Gasteiger partial charge in [-0.2, -0.15) is 0 Å². The van der Waals surface area contributed by atoms with Gasteiger partial charge in [0.05, 0.1) is 18.3 Å². The van der Waals surface area contributed by atoms with E-state index in [0.29, 0.717) is 12.5 Å². The molecule has 2 atom stereocenters. The van der Waals surface area contributed by atoms with Gasteiger partial charge in [-0.25, -0.2) is 0 Å². The lowest BCUT2D eigenvalue weighted by atomic mass is 9.75. The molecule has 2 unspecified atom stereocenters. The molecule has 1 spiro atoms. The van der Waals surface area contributed by atoms with Gasteiger partial charge < -0.3 is 14.6 Å². The molecule has 0 bridgehead atoms. The zero-order valence-corrected chi connectivity index (χ0v) is 11.7. The number of aliphatic hydroxyl groups excluding tert-OH is 1. The molecule has 1 heterocycles. The first kappa shape index (κ1) is 14.3. The Morgan fingerprint density at radius 1 is 1.33 bits per heavy atom. The first-order valence-electron chi connectivity index (χ1n) is 7.65. The average Bonchev–Trinajstić information content (AvgIpc) is 2.40. The lowest BCUT2D eigenvalue weighted by molar-refractivity contribution is -0.139. The van der Waals surface area contributed by atoms with Gasteiger partial charge in [-0.15, -0.1) is 0 Å². The second kappa shape index (κ2) is 6.88. The van der Waals surface area contributed by atoms with Gasteiger partial charge in [0.1, 0.15) is 0 Å². The van der Waals surface area contributed by atoms with Crippen LogP contribution >= 0.6 is 0 Å². The van der Waals surface area contributed by atoms with Crippen molar-refractivity contribution in [2.24, 2.45) is 5.92 Å². The van der Waals surface area contributed by atoms with Gasteiger partial charge in [0.2, 0.25) is 0 Å². The topological polar surface area (TPSA) is 38.7 Å². The predicted octanol–water partition coefficient (Wildman–Crippen LogP) is 2.90. The fraction of sp³-hybridized carbons (Fsp3) is 1.00. The molecule has 18 heavy (non-hydrogen) atoms. The Balaban J connectivity index is 1.81. The molecule has 0 amide bonds. The fourth-order valence-electron chi connectivity index (χ4n) is 3.42. The summed E-state index contributed by atoms with van der Waals surface area (Å²) in [4.78, 5) is 0. The summed E-state index contributed by atoms with van der Waals surface area (Å²) < 4.78 is 11.5. The summed E-state index contributed by atoms with van der Waals surface area (Å²) >= 11 is 0. The summed E-state index contributed by atoms with van der Waals surface area (Å²) in [6, 6.07) is 0. The smallest absolute Gasteiger partial charge is 0.0803 e. The third-order valence-corrected chi connectivity index (χ3v) is 4.48. The van der Waals surface area contributed by atoms with E-state index in [-0.39, 0.29) is 11.7 Å². The molecular formula is C15H28O3. The minimum atomic E-state index is -0.306. The molecule has 1 aliphatic carbocycles. The van der Waals surface area contributed by atoms with Crippen molar-refractivity contribution < 1.29 is 14.6 Å². The minimum Gasteiger partial charge on any atom is -0.390 e. The van der Waals surface area contributed by atoms with Crippen LogP contribution in [0.15, 0.2) is 0 Å². The maximum absolute atomic E-state index is 10.2. The van der Waals surface area contributed by atoms with Gasteiger partial charge in [-0.05, 0) is 38.0 Å². The Kier molecular flexibility index (Phi) is 5.46. The van der Waals surface area contributed by atoms with Gasteiger partial charge in [-0.1, -0.05) is 26.2 Å². The number of aliphatic hydroxyl groups is 1. The van der Waals surface area contributed by atoms with E-state index in [9.17, 15) is 5.11 Å². The van der Waals surface area contributed by atoms with E-state index in [1.54, 1.807) is 0 Å². The Labute approximate surface area is 111 Å². The molecule has 0 aromatic carbocycles. The van der Waals surface area contributed by atoms with Gasteiger partial charge in [-0.3, -0.25) is 0 Å². The number of hydrogen-bond acceptors (Lipinski definition) is 3. The lowest BCUT2D eigenvalue weighted by Crippen LogP contribution is -2.45. The van der Waals surface area contributed by atoms with Crippen molar-refractivity contribution >= 4 is 0 Å². The van der Waals surface area contributed by atoms with E-state index < -0.39 is 0 Å². The SMILES string of the molecule is CCCOCC(O)C1CCOC2(CCCCC2)C1. The Bertz CT molecular complexity index is 230. The third-order valence-electron chi connectivity index (χ3n) is 4.48. The quantitative estimate of drug-likeness (QED) is 0.769. The third kappa shape index (κ3) is 3.69. The molecule has 1 aliphatic heterocycles. The van der Waals surface area contributed by atoms with Crippen LogP contribution < -0.4 is 0 Å². The fourth-order valence-corrected chi connectivity index (χ4v) is 3.42. The molecule has 0 radical (unpaired) electrons. The number of ether oxygens (including phenoxy) is 2. The molecule has 3 heteroatoms. The molecule has 1 saturated heterocycles. The summed E-state index contributed by atoms with van der Waals surface area (Å²) in [6.45, 7) is 4.16. The van der Waals surface area contributed by atoms with E-state index in [4.69, 9.17) is 9.47 Å². The van der Waals surface area contributed by atoms with Crippen molar-refractivity contribution in [3.8, 4) is 0 Å². The van der Waals surface area contributed by atoms with Crippen LogP contribution in [-0.4, -0.2) is 36.6 Å². The molecule has 106 valence electrons. The van der Waals surface area contributed by atoms with Crippen molar-refractivity contribution in [2.45, 2.75) is 70.0 Å². The van der Waals surface area contributed by atoms with Crippen molar-refractivity contribution in [3.05, 3.63) is 0 Å². The van der Waals surface area contributed by atoms with Crippen LogP contribution in [0.3, 0.4) is 0 Å². The van der Waals surface area contributed by atoms with E-state index in [1.807, 2.05) is 0 Å². The summed E-state index contributed by atoms with van der Waals surface area (Å²) in [5, 5.41) is 10.2. The highest BCUT2D eigenvalue weighted by Crippen LogP contribution is 2.41. The largest absolute Gasteiger partial charge is 0.390 e. The molecular weight excluding hydrogens is 228 g/mol. The maximum Gasteiger partial charge on any atom is 0.0803 e. The highest BCUT2D eigenvalue weighted by molar-refractivity contribution is 4.91. The highest BCUT2D eigenvalue weighted by Gasteiger charge is 2.40. The monoisotopic (exact) mass is 256 g/mol. The van der Waals surface area contributed by atoms with Gasteiger partial charge in [0.15, 0.2) is 0 Å². The van der Waals surface area contributed by atoms with E-state index in [2.05, 4.69) is 6.92 Å². The van der Waals surface area contributed by atoms with Crippen molar-refractivity contribution in [3.63, 3.8) is 0 Å². The Morgan fingerprint density at radius 2 is 2.11 bits per heavy atom. The van der Waals surface area contributed by atoms with Crippen molar-refractivity contribution in [2.75, 3.05) is 19.8 Å². The van der Waals surface area contributed by atoms with Crippen LogP contribution in [0.25, 0.3) is 0 Å². The Morgan fingerprint density at radius 3 is 2.83 bits per heavy atom. The summed E-state index contributed by atoms with van der Waals surface area (Å²) in [5.41, 5.74) is 0.0902. The Hall–Kier alpha value is -0.120. The van der Waals surface area contributed by atoms with Crippen LogP contribution in [0, 0.1) is 5.92 Å². The molecule has 0 aromatic heterocycles. The first-order chi connectivity index (χ1) is 8.76. The second-order valence-corrected chi connectivity index (χ2v) is 5.99. The molecule has 2 fully saturated rings. The first-order valence-corrected chi connectivity index (χ1v) is 7.65. The van der Waals surface area contributed by atoms with Crippen molar-refractivity contribution in [1.29, 1.82) is 0 Å². The zero-order chi connectivity index (χ0) is 12.8. The average molecular weight is 256 g/mol. The maximum atomic E-state index is 10.2. The normalized spacial score (nSPS) is 29.3. The molecule has 2 rings (SSSR count). The number of hydrogen-bond donors (Lipinski definition) is 1. The van der Waals surface area contributed by atoms with E-state index in [0.717, 1.165) is 32.5 Å². The number of rotatable bonds is 5. The van der Waals surface area contributed by atoms with Crippen molar-refractivity contribution in [1.82, 2.24) is 0 Å². The summed E-state index contributed by atoms with van der Waals surface area (Å²) in [5.74, 6) is 0.369. The second-order valence-electron chi connectivity index (χ2n) is 5.99. The van der Waals surface area contributed by atoms with Crippen LogP contribution in [0.2, 0.25) is 0 Å². The molecule has 3 nitrogen and oxygen atoms in total. The van der Waals surface area contributed by atoms with Crippen LogP contribution in [0.5, 0.6) is 0 Å². The van der Waals surface area contributed by atoms with Crippen LogP contribution in [0.1, 0.15) is 58.3 Å². The molecule has 0 aromatic rings. The predicted molar refractivity (Wildman–Crippen MR) is 71.6 cm³/mol. The van der Waals surface area contributed by atoms with Crippen LogP contribution in [-0.2, 0) is 9.47 Å². The van der Waals surface area contributed by atoms with Gasteiger partial charge in [0, 0.05) is 13.2 Å². The van der Waals surface area contributed by atoms with E-state index in [1.165, 1.54) is 32.1 Å². The summed E-state index contributed by atoms with van der Waals surface area (Å²) in [7, 11) is 0. The van der Waals surface area contributed by atoms with Gasteiger partial charge >= 0.3 is 0 Å². The summed E-state index contributed by atoms with van der Waals surface area (Å²) in [6.07, 6.45) is 9.02. The minimum absolute atomic E-state index is 0.0902.